The standard InChI is InChI=1S/C26H27N3O4/c1-17-5-6-18(2)21(15-17)24(30)22-23(19-7-9-20(33-3)10-8-19)29(26(32)25(22)31)13-4-12-28-14-11-27-16-28/h5-11,14-16,23,30H,4,12-13H2,1-3H3. The van der Waals surface area contributed by atoms with E-state index in [-0.39, 0.29) is 11.3 Å². The Hall–Kier alpha value is -3.87. The van der Waals surface area contributed by atoms with Crippen LogP contribution in [0.15, 0.2) is 66.8 Å². The zero-order valence-corrected chi connectivity index (χ0v) is 19.0. The van der Waals surface area contributed by atoms with Crippen molar-refractivity contribution in [1.82, 2.24) is 14.5 Å². The van der Waals surface area contributed by atoms with Crippen molar-refractivity contribution in [2.45, 2.75) is 32.9 Å². The molecule has 1 N–H and O–H groups in total. The molecule has 4 rings (SSSR count). The number of carbonyl (C=O) groups is 2. The number of imidazole rings is 1. The number of hydrogen-bond acceptors (Lipinski definition) is 5. The van der Waals surface area contributed by atoms with Gasteiger partial charge in [-0.05, 0) is 49.6 Å². The zero-order chi connectivity index (χ0) is 23.5. The van der Waals surface area contributed by atoms with Gasteiger partial charge in [0.25, 0.3) is 11.7 Å². The number of carbonyl (C=O) groups excluding carboxylic acids is 2. The summed E-state index contributed by atoms with van der Waals surface area (Å²) in [6.07, 6.45) is 5.92. The van der Waals surface area contributed by atoms with Gasteiger partial charge >= 0.3 is 0 Å². The molecule has 1 fully saturated rings. The van der Waals surface area contributed by atoms with Crippen LogP contribution in [-0.4, -0.2) is 44.9 Å². The van der Waals surface area contributed by atoms with Crippen LogP contribution in [0.1, 0.15) is 34.7 Å². The number of likely N-dealkylation sites (tertiary alicyclic amines) is 1. The third kappa shape index (κ3) is 4.39. The minimum Gasteiger partial charge on any atom is -0.507 e. The van der Waals surface area contributed by atoms with Gasteiger partial charge in [0.15, 0.2) is 0 Å². The Balaban J connectivity index is 1.76. The third-order valence-corrected chi connectivity index (χ3v) is 5.99. The molecule has 7 heteroatoms. The molecule has 170 valence electrons. The molecule has 1 aliphatic rings. The fourth-order valence-electron chi connectivity index (χ4n) is 4.22. The topological polar surface area (TPSA) is 84.7 Å². The van der Waals surface area contributed by atoms with Crippen LogP contribution in [0.4, 0.5) is 0 Å². The number of ketones is 1. The van der Waals surface area contributed by atoms with Gasteiger partial charge < -0.3 is 19.3 Å². The summed E-state index contributed by atoms with van der Waals surface area (Å²) in [5.41, 5.74) is 3.20. The van der Waals surface area contributed by atoms with Crippen molar-refractivity contribution >= 4 is 17.4 Å². The summed E-state index contributed by atoms with van der Waals surface area (Å²) in [5, 5.41) is 11.3. The number of ether oxygens (including phenoxy) is 1. The Bertz CT molecular complexity index is 1200. The van der Waals surface area contributed by atoms with Crippen LogP contribution < -0.4 is 4.74 Å². The lowest BCUT2D eigenvalue weighted by molar-refractivity contribution is -0.139. The maximum Gasteiger partial charge on any atom is 0.295 e. The van der Waals surface area contributed by atoms with Crippen LogP contribution in [0.25, 0.3) is 5.76 Å². The zero-order valence-electron chi connectivity index (χ0n) is 19.0. The fraction of sp³-hybridized carbons (Fsp3) is 0.269. The molecule has 0 radical (unpaired) electrons. The van der Waals surface area contributed by atoms with Gasteiger partial charge in [0, 0.05) is 31.0 Å². The van der Waals surface area contributed by atoms with E-state index in [1.165, 1.54) is 0 Å². The van der Waals surface area contributed by atoms with Gasteiger partial charge in [0.05, 0.1) is 25.1 Å². The van der Waals surface area contributed by atoms with Crippen LogP contribution in [-0.2, 0) is 16.1 Å². The molecule has 0 saturated carbocycles. The van der Waals surface area contributed by atoms with E-state index in [2.05, 4.69) is 4.98 Å². The number of aliphatic hydroxyl groups is 1. The molecular formula is C26H27N3O4. The van der Waals surface area contributed by atoms with E-state index < -0.39 is 17.7 Å². The molecule has 33 heavy (non-hydrogen) atoms. The maximum absolute atomic E-state index is 13.2. The Labute approximate surface area is 192 Å². The minimum atomic E-state index is -0.682. The van der Waals surface area contributed by atoms with Gasteiger partial charge in [-0.2, -0.15) is 0 Å². The monoisotopic (exact) mass is 445 g/mol. The minimum absolute atomic E-state index is 0.112. The summed E-state index contributed by atoms with van der Waals surface area (Å²) in [5.74, 6) is -0.747. The highest BCUT2D eigenvalue weighted by molar-refractivity contribution is 6.46. The Morgan fingerprint density at radius 3 is 2.52 bits per heavy atom. The number of Topliss-reactive ketones (excluding diaryl/α,β-unsaturated/α-hetero) is 1. The summed E-state index contributed by atoms with van der Waals surface area (Å²) in [6.45, 7) is 4.82. The molecule has 1 aliphatic heterocycles. The van der Waals surface area contributed by atoms with Crippen molar-refractivity contribution in [2.24, 2.45) is 0 Å². The van der Waals surface area contributed by atoms with E-state index in [4.69, 9.17) is 4.74 Å². The van der Waals surface area contributed by atoms with Gasteiger partial charge in [-0.15, -0.1) is 0 Å². The summed E-state index contributed by atoms with van der Waals surface area (Å²) in [4.78, 5) is 31.9. The Kier molecular flexibility index (Phi) is 6.31. The maximum atomic E-state index is 13.2. The fourth-order valence-corrected chi connectivity index (χ4v) is 4.22. The van der Waals surface area contributed by atoms with E-state index in [9.17, 15) is 14.7 Å². The molecule has 1 atom stereocenters. The number of hydrogen-bond donors (Lipinski definition) is 1. The van der Waals surface area contributed by atoms with Crippen molar-refractivity contribution in [3.8, 4) is 5.75 Å². The lowest BCUT2D eigenvalue weighted by Gasteiger charge is -2.25. The highest BCUT2D eigenvalue weighted by Gasteiger charge is 2.45. The molecule has 0 bridgehead atoms. The van der Waals surface area contributed by atoms with E-state index in [0.717, 1.165) is 16.7 Å². The van der Waals surface area contributed by atoms with Crippen LogP contribution >= 0.6 is 0 Å². The molecular weight excluding hydrogens is 418 g/mol. The molecule has 2 heterocycles. The summed E-state index contributed by atoms with van der Waals surface area (Å²) < 4.78 is 7.19. The van der Waals surface area contributed by atoms with Crippen molar-refractivity contribution in [2.75, 3.05) is 13.7 Å². The first kappa shape index (κ1) is 22.3. The molecule has 1 amide bonds. The highest BCUT2D eigenvalue weighted by atomic mass is 16.5. The van der Waals surface area contributed by atoms with E-state index in [1.807, 2.05) is 54.9 Å². The summed E-state index contributed by atoms with van der Waals surface area (Å²) in [6, 6.07) is 12.2. The average Bonchev–Trinajstić information content (AvgIpc) is 3.42. The van der Waals surface area contributed by atoms with Crippen molar-refractivity contribution in [3.05, 3.63) is 89.0 Å². The molecule has 7 nitrogen and oxygen atoms in total. The van der Waals surface area contributed by atoms with Crippen molar-refractivity contribution < 1.29 is 19.4 Å². The number of methoxy groups -OCH3 is 1. The number of aryl methyl sites for hydroxylation is 3. The van der Waals surface area contributed by atoms with Gasteiger partial charge in [0.2, 0.25) is 0 Å². The normalized spacial score (nSPS) is 17.5. The molecule has 0 spiro atoms. The van der Waals surface area contributed by atoms with Crippen LogP contribution in [0, 0.1) is 13.8 Å². The second-order valence-electron chi connectivity index (χ2n) is 8.24. The molecule has 0 aliphatic carbocycles. The highest BCUT2D eigenvalue weighted by Crippen LogP contribution is 2.40. The predicted molar refractivity (Wildman–Crippen MR) is 125 cm³/mol. The third-order valence-electron chi connectivity index (χ3n) is 5.99. The van der Waals surface area contributed by atoms with Gasteiger partial charge in [-0.25, -0.2) is 4.98 Å². The lowest BCUT2D eigenvalue weighted by Crippen LogP contribution is -2.31. The number of amides is 1. The molecule has 1 aromatic heterocycles. The smallest absolute Gasteiger partial charge is 0.295 e. The van der Waals surface area contributed by atoms with Crippen LogP contribution in [0.3, 0.4) is 0 Å². The van der Waals surface area contributed by atoms with E-state index >= 15 is 0 Å². The van der Waals surface area contributed by atoms with Gasteiger partial charge in [0.1, 0.15) is 11.5 Å². The van der Waals surface area contributed by atoms with Crippen LogP contribution in [0.5, 0.6) is 5.75 Å². The number of nitrogens with zero attached hydrogens (tertiary/aromatic N) is 3. The van der Waals surface area contributed by atoms with E-state index in [0.29, 0.717) is 30.8 Å². The second kappa shape index (κ2) is 9.32. The Morgan fingerprint density at radius 2 is 1.85 bits per heavy atom. The predicted octanol–water partition coefficient (Wildman–Crippen LogP) is 4.02. The average molecular weight is 446 g/mol. The number of benzene rings is 2. The summed E-state index contributed by atoms with van der Waals surface area (Å²) >= 11 is 0. The van der Waals surface area contributed by atoms with Crippen molar-refractivity contribution in [1.29, 1.82) is 0 Å². The molecule has 2 aromatic carbocycles. The molecule has 3 aromatic rings. The molecule has 1 unspecified atom stereocenters. The second-order valence-corrected chi connectivity index (χ2v) is 8.24. The largest absolute Gasteiger partial charge is 0.507 e. The first-order valence-corrected chi connectivity index (χ1v) is 10.9. The van der Waals surface area contributed by atoms with Crippen molar-refractivity contribution in [3.63, 3.8) is 0 Å². The Morgan fingerprint density at radius 1 is 1.09 bits per heavy atom. The molecule has 1 saturated heterocycles. The number of aromatic nitrogens is 2. The summed E-state index contributed by atoms with van der Waals surface area (Å²) in [7, 11) is 1.58. The quantitative estimate of drug-likeness (QED) is 0.337. The first-order chi connectivity index (χ1) is 15.9. The van der Waals surface area contributed by atoms with Gasteiger partial charge in [-0.3, -0.25) is 9.59 Å². The van der Waals surface area contributed by atoms with Gasteiger partial charge in [-0.1, -0.05) is 29.8 Å². The number of rotatable bonds is 7. The lowest BCUT2D eigenvalue weighted by atomic mass is 9.93. The number of aliphatic hydroxyl groups excluding tert-OH is 1. The van der Waals surface area contributed by atoms with Crippen LogP contribution in [0.2, 0.25) is 0 Å². The van der Waals surface area contributed by atoms with E-state index in [1.54, 1.807) is 36.7 Å². The SMILES string of the molecule is COc1ccc(C2C(=C(O)c3cc(C)ccc3C)C(=O)C(=O)N2CCCn2ccnc2)cc1. The first-order valence-electron chi connectivity index (χ1n) is 10.9.